The fourth-order valence-electron chi connectivity index (χ4n) is 2.89. The molecule has 0 radical (unpaired) electrons. The van der Waals surface area contributed by atoms with Crippen LogP contribution in [0, 0.1) is 13.8 Å². The van der Waals surface area contributed by atoms with Crippen LogP contribution in [-0.4, -0.2) is 33.2 Å². The lowest BCUT2D eigenvalue weighted by atomic mass is 10.1. The highest BCUT2D eigenvalue weighted by atomic mass is 35.5. The number of hydrogen-bond acceptors (Lipinski definition) is 4. The molecule has 0 aromatic heterocycles. The van der Waals surface area contributed by atoms with E-state index in [-0.39, 0.29) is 6.54 Å². The van der Waals surface area contributed by atoms with E-state index >= 15 is 0 Å². The summed E-state index contributed by atoms with van der Waals surface area (Å²) in [6, 6.07) is 10.4. The zero-order valence-corrected chi connectivity index (χ0v) is 16.2. The van der Waals surface area contributed by atoms with E-state index in [1.165, 1.54) is 6.07 Å². The number of carbonyl (C=O) groups excluding carboxylic acids is 1. The Morgan fingerprint density at radius 3 is 2.50 bits per heavy atom. The third-order valence-electron chi connectivity index (χ3n) is 4.21. The normalized spacial score (nSPS) is 16.6. The second-order valence-corrected chi connectivity index (χ2v) is 8.61. The van der Waals surface area contributed by atoms with Crippen LogP contribution in [0.1, 0.15) is 11.1 Å². The molecule has 3 rings (SSSR count). The van der Waals surface area contributed by atoms with E-state index in [1.54, 1.807) is 12.1 Å². The van der Waals surface area contributed by atoms with E-state index in [0.717, 1.165) is 21.7 Å². The van der Waals surface area contributed by atoms with Crippen molar-refractivity contribution in [3.05, 3.63) is 52.5 Å². The standard InChI is InChI=1S/C18H19ClN2O4S/c1-11-5-4-6-12(2)17(11)20-18(22)16-10-21(26(3,23)24)14-9-13(19)7-8-15(14)25-16/h4-9,16H,10H2,1-3H3,(H,20,22). The van der Waals surface area contributed by atoms with Crippen molar-refractivity contribution in [3.63, 3.8) is 0 Å². The number of ether oxygens (including phenoxy) is 1. The SMILES string of the molecule is Cc1cccc(C)c1NC(=O)C1CN(S(C)(=O)=O)c2cc(Cl)ccc2O1. The number of para-hydroxylation sites is 1. The highest BCUT2D eigenvalue weighted by Gasteiger charge is 2.35. The summed E-state index contributed by atoms with van der Waals surface area (Å²) in [5.41, 5.74) is 2.87. The second kappa shape index (κ2) is 6.81. The number of fused-ring (bicyclic) bond motifs is 1. The molecule has 0 fully saturated rings. The summed E-state index contributed by atoms with van der Waals surface area (Å²) in [7, 11) is -3.60. The molecular formula is C18H19ClN2O4S. The van der Waals surface area contributed by atoms with Gasteiger partial charge in [-0.1, -0.05) is 29.8 Å². The van der Waals surface area contributed by atoms with Crippen LogP contribution in [0.5, 0.6) is 5.75 Å². The van der Waals surface area contributed by atoms with Crippen molar-refractivity contribution < 1.29 is 17.9 Å². The minimum Gasteiger partial charge on any atom is -0.476 e. The molecule has 1 N–H and O–H groups in total. The maximum Gasteiger partial charge on any atom is 0.267 e. The van der Waals surface area contributed by atoms with E-state index in [9.17, 15) is 13.2 Å². The second-order valence-electron chi connectivity index (χ2n) is 6.27. The first kappa shape index (κ1) is 18.5. The van der Waals surface area contributed by atoms with Crippen molar-refractivity contribution in [2.24, 2.45) is 0 Å². The Morgan fingerprint density at radius 1 is 1.23 bits per heavy atom. The van der Waals surface area contributed by atoms with Crippen LogP contribution in [-0.2, 0) is 14.8 Å². The molecule has 1 aliphatic rings. The molecule has 1 heterocycles. The van der Waals surface area contributed by atoms with Crippen molar-refractivity contribution in [2.75, 3.05) is 22.4 Å². The third-order valence-corrected chi connectivity index (χ3v) is 5.59. The van der Waals surface area contributed by atoms with Gasteiger partial charge in [-0.3, -0.25) is 9.10 Å². The molecule has 1 aliphatic heterocycles. The molecule has 2 aromatic carbocycles. The van der Waals surface area contributed by atoms with Gasteiger partial charge in [0.05, 0.1) is 18.5 Å². The Hall–Kier alpha value is -2.25. The molecule has 1 unspecified atom stereocenters. The molecule has 138 valence electrons. The number of rotatable bonds is 3. The lowest BCUT2D eigenvalue weighted by Crippen LogP contribution is -2.48. The molecule has 0 aliphatic carbocycles. The first-order chi connectivity index (χ1) is 12.2. The highest BCUT2D eigenvalue weighted by Crippen LogP contribution is 2.37. The number of halogens is 1. The van der Waals surface area contributed by atoms with Gasteiger partial charge in [0.1, 0.15) is 5.75 Å². The predicted octanol–water partition coefficient (Wildman–Crippen LogP) is 3.12. The Kier molecular flexibility index (Phi) is 4.86. The molecule has 1 atom stereocenters. The van der Waals surface area contributed by atoms with Crippen LogP contribution in [0.3, 0.4) is 0 Å². The van der Waals surface area contributed by atoms with E-state index in [1.807, 2.05) is 32.0 Å². The summed E-state index contributed by atoms with van der Waals surface area (Å²) >= 11 is 5.98. The number of hydrogen-bond donors (Lipinski definition) is 1. The summed E-state index contributed by atoms with van der Waals surface area (Å²) in [4.78, 5) is 12.7. The van der Waals surface area contributed by atoms with Crippen LogP contribution in [0.4, 0.5) is 11.4 Å². The molecule has 0 spiro atoms. The van der Waals surface area contributed by atoms with Gasteiger partial charge in [0.25, 0.3) is 5.91 Å². The molecule has 26 heavy (non-hydrogen) atoms. The van der Waals surface area contributed by atoms with Crippen LogP contribution in [0.15, 0.2) is 36.4 Å². The van der Waals surface area contributed by atoms with Crippen LogP contribution < -0.4 is 14.4 Å². The van der Waals surface area contributed by atoms with Crippen LogP contribution in [0.2, 0.25) is 5.02 Å². The topological polar surface area (TPSA) is 75.7 Å². The zero-order chi connectivity index (χ0) is 19.1. The molecule has 8 heteroatoms. The lowest BCUT2D eigenvalue weighted by molar-refractivity contribution is -0.122. The molecule has 1 amide bonds. The van der Waals surface area contributed by atoms with Gasteiger partial charge >= 0.3 is 0 Å². The number of anilines is 2. The van der Waals surface area contributed by atoms with Gasteiger partial charge in [0, 0.05) is 10.7 Å². The molecule has 2 aromatic rings. The number of carbonyl (C=O) groups is 1. The highest BCUT2D eigenvalue weighted by molar-refractivity contribution is 7.92. The van der Waals surface area contributed by atoms with Gasteiger partial charge in [0.2, 0.25) is 10.0 Å². The number of sulfonamides is 1. The van der Waals surface area contributed by atoms with E-state index in [4.69, 9.17) is 16.3 Å². The predicted molar refractivity (Wildman–Crippen MR) is 103 cm³/mol. The maximum atomic E-state index is 12.7. The first-order valence-corrected chi connectivity index (χ1v) is 10.2. The van der Waals surface area contributed by atoms with Gasteiger partial charge < -0.3 is 10.1 Å². The summed E-state index contributed by atoms with van der Waals surface area (Å²) in [5, 5.41) is 3.24. The van der Waals surface area contributed by atoms with Crippen molar-refractivity contribution >= 4 is 38.9 Å². The lowest BCUT2D eigenvalue weighted by Gasteiger charge is -2.34. The summed E-state index contributed by atoms with van der Waals surface area (Å²) in [6.45, 7) is 3.66. The number of benzene rings is 2. The van der Waals surface area contributed by atoms with Crippen molar-refractivity contribution in [2.45, 2.75) is 20.0 Å². The van der Waals surface area contributed by atoms with Crippen molar-refractivity contribution in [1.29, 1.82) is 0 Å². The smallest absolute Gasteiger partial charge is 0.267 e. The number of aryl methyl sites for hydroxylation is 2. The number of nitrogens with one attached hydrogen (secondary N) is 1. The quantitative estimate of drug-likeness (QED) is 0.867. The minimum atomic E-state index is -3.60. The van der Waals surface area contributed by atoms with Gasteiger partial charge in [0.15, 0.2) is 6.10 Å². The average Bonchev–Trinajstić information content (AvgIpc) is 2.56. The zero-order valence-electron chi connectivity index (χ0n) is 14.6. The maximum absolute atomic E-state index is 12.7. The number of amides is 1. The van der Waals surface area contributed by atoms with Crippen molar-refractivity contribution in [3.8, 4) is 5.75 Å². The van der Waals surface area contributed by atoms with Gasteiger partial charge in [-0.05, 0) is 43.2 Å². The molecule has 0 bridgehead atoms. The molecule has 6 nitrogen and oxygen atoms in total. The molecule has 0 saturated heterocycles. The van der Waals surface area contributed by atoms with Crippen LogP contribution >= 0.6 is 11.6 Å². The van der Waals surface area contributed by atoms with E-state index in [2.05, 4.69) is 5.32 Å². The Bertz CT molecular complexity index is 955. The fraction of sp³-hybridized carbons (Fsp3) is 0.278. The third kappa shape index (κ3) is 3.64. The summed E-state index contributed by atoms with van der Waals surface area (Å²) in [5.74, 6) is -0.107. The Balaban J connectivity index is 1.92. The average molecular weight is 395 g/mol. The Morgan fingerprint density at radius 2 is 1.88 bits per heavy atom. The number of nitrogens with zero attached hydrogens (tertiary/aromatic N) is 1. The summed E-state index contributed by atoms with van der Waals surface area (Å²) < 4.78 is 31.3. The minimum absolute atomic E-state index is 0.122. The first-order valence-electron chi connectivity index (χ1n) is 7.98. The van der Waals surface area contributed by atoms with Gasteiger partial charge in [-0.2, -0.15) is 0 Å². The van der Waals surface area contributed by atoms with E-state index < -0.39 is 22.0 Å². The van der Waals surface area contributed by atoms with Gasteiger partial charge in [-0.25, -0.2) is 8.42 Å². The van der Waals surface area contributed by atoms with E-state index in [0.29, 0.717) is 22.1 Å². The van der Waals surface area contributed by atoms with Crippen LogP contribution in [0.25, 0.3) is 0 Å². The monoisotopic (exact) mass is 394 g/mol. The van der Waals surface area contributed by atoms with Gasteiger partial charge in [-0.15, -0.1) is 0 Å². The summed E-state index contributed by atoms with van der Waals surface area (Å²) in [6.07, 6.45) is 0.112. The Labute approximate surface area is 157 Å². The van der Waals surface area contributed by atoms with Crippen molar-refractivity contribution in [1.82, 2.24) is 0 Å². The molecule has 0 saturated carbocycles. The fourth-order valence-corrected chi connectivity index (χ4v) is 3.96. The largest absolute Gasteiger partial charge is 0.476 e. The molecular weight excluding hydrogens is 376 g/mol.